The van der Waals surface area contributed by atoms with Crippen molar-refractivity contribution in [3.8, 4) is 0 Å². The molecule has 21 heavy (non-hydrogen) atoms. The highest BCUT2D eigenvalue weighted by atomic mass is 16.4. The second-order valence-electron chi connectivity index (χ2n) is 5.57. The van der Waals surface area contributed by atoms with Crippen molar-refractivity contribution in [2.24, 2.45) is 7.05 Å². The SMILES string of the molecule is Cn1cc(/C=C/C(=O)NC2(C(=O)O)CCCCCC2)cn1. The molecule has 1 aliphatic carbocycles. The number of carboxylic acids is 1. The fourth-order valence-corrected chi connectivity index (χ4v) is 2.70. The average Bonchev–Trinajstić information content (AvgIpc) is 2.71. The van der Waals surface area contributed by atoms with E-state index in [2.05, 4.69) is 10.4 Å². The number of carbonyl (C=O) groups excluding carboxylic acids is 1. The fraction of sp³-hybridized carbons (Fsp3) is 0.533. The van der Waals surface area contributed by atoms with E-state index in [1.165, 1.54) is 6.08 Å². The number of hydrogen-bond donors (Lipinski definition) is 2. The molecule has 6 heteroatoms. The molecule has 0 spiro atoms. The lowest BCUT2D eigenvalue weighted by Crippen LogP contribution is -2.53. The standard InChI is InChI=1S/C15H21N3O3/c1-18-11-12(10-16-18)6-7-13(19)17-15(14(20)21)8-4-2-3-5-9-15/h6-7,10-11H,2-5,8-9H2,1H3,(H,17,19)(H,20,21)/b7-6+. The number of aromatic nitrogens is 2. The summed E-state index contributed by atoms with van der Waals surface area (Å²) < 4.78 is 1.64. The third-order valence-corrected chi connectivity index (χ3v) is 3.88. The summed E-state index contributed by atoms with van der Waals surface area (Å²) in [6, 6.07) is 0. The summed E-state index contributed by atoms with van der Waals surface area (Å²) in [6.45, 7) is 0. The normalized spacial score (nSPS) is 18.3. The van der Waals surface area contributed by atoms with E-state index >= 15 is 0 Å². The molecule has 0 atom stereocenters. The first-order valence-electron chi connectivity index (χ1n) is 7.24. The first kappa shape index (κ1) is 15.3. The maximum Gasteiger partial charge on any atom is 0.329 e. The van der Waals surface area contributed by atoms with E-state index < -0.39 is 11.5 Å². The minimum atomic E-state index is -1.12. The van der Waals surface area contributed by atoms with E-state index in [4.69, 9.17) is 0 Å². The van der Waals surface area contributed by atoms with Gasteiger partial charge in [0, 0.05) is 24.9 Å². The highest BCUT2D eigenvalue weighted by Crippen LogP contribution is 2.27. The molecule has 0 unspecified atom stereocenters. The van der Waals surface area contributed by atoms with Crippen LogP contribution in [0, 0.1) is 0 Å². The second-order valence-corrected chi connectivity index (χ2v) is 5.57. The first-order valence-corrected chi connectivity index (χ1v) is 7.24. The number of aliphatic carboxylic acids is 1. The van der Waals surface area contributed by atoms with Gasteiger partial charge in [-0.05, 0) is 18.9 Å². The Morgan fingerprint density at radius 2 is 2.00 bits per heavy atom. The number of aryl methyl sites for hydroxylation is 1. The highest BCUT2D eigenvalue weighted by Gasteiger charge is 2.39. The maximum absolute atomic E-state index is 12.0. The molecule has 1 aliphatic rings. The van der Waals surface area contributed by atoms with Crippen LogP contribution in [-0.4, -0.2) is 32.3 Å². The molecule has 0 aliphatic heterocycles. The number of hydrogen-bond acceptors (Lipinski definition) is 3. The van der Waals surface area contributed by atoms with Crippen LogP contribution in [0.1, 0.15) is 44.1 Å². The van der Waals surface area contributed by atoms with Gasteiger partial charge in [0.2, 0.25) is 5.91 Å². The minimum absolute atomic E-state index is 0.372. The first-order chi connectivity index (χ1) is 10.0. The van der Waals surface area contributed by atoms with Gasteiger partial charge in [0.25, 0.3) is 0 Å². The lowest BCUT2D eigenvalue weighted by atomic mass is 9.90. The van der Waals surface area contributed by atoms with Gasteiger partial charge in [-0.2, -0.15) is 5.10 Å². The molecular formula is C15H21N3O3. The zero-order valence-electron chi connectivity index (χ0n) is 12.2. The molecule has 1 heterocycles. The Labute approximate surface area is 123 Å². The quantitative estimate of drug-likeness (QED) is 0.653. The second kappa shape index (κ2) is 6.56. The Hall–Kier alpha value is -2.11. The molecule has 0 radical (unpaired) electrons. The Kier molecular flexibility index (Phi) is 4.77. The Bertz CT molecular complexity index is 540. The Morgan fingerprint density at radius 3 is 2.52 bits per heavy atom. The summed E-state index contributed by atoms with van der Waals surface area (Å²) in [5, 5.41) is 16.2. The van der Waals surface area contributed by atoms with Crippen LogP contribution < -0.4 is 5.32 Å². The highest BCUT2D eigenvalue weighted by molar-refractivity contribution is 5.95. The van der Waals surface area contributed by atoms with Gasteiger partial charge in [0.15, 0.2) is 0 Å². The summed E-state index contributed by atoms with van der Waals surface area (Å²) in [5.74, 6) is -1.31. The van der Waals surface area contributed by atoms with Gasteiger partial charge in [-0.3, -0.25) is 9.48 Å². The van der Waals surface area contributed by atoms with Crippen LogP contribution in [0.4, 0.5) is 0 Å². The van der Waals surface area contributed by atoms with Crippen molar-refractivity contribution in [2.45, 2.75) is 44.1 Å². The van der Waals surface area contributed by atoms with Crippen molar-refractivity contribution in [3.63, 3.8) is 0 Å². The van der Waals surface area contributed by atoms with Crippen LogP contribution in [0.15, 0.2) is 18.5 Å². The van der Waals surface area contributed by atoms with Crippen LogP contribution >= 0.6 is 0 Å². The third-order valence-electron chi connectivity index (χ3n) is 3.88. The van der Waals surface area contributed by atoms with Crippen LogP contribution in [0.3, 0.4) is 0 Å². The molecule has 6 nitrogen and oxygen atoms in total. The number of nitrogens with one attached hydrogen (secondary N) is 1. The topological polar surface area (TPSA) is 84.2 Å². The average molecular weight is 291 g/mol. The number of rotatable bonds is 4. The van der Waals surface area contributed by atoms with E-state index in [1.807, 2.05) is 0 Å². The molecule has 2 rings (SSSR count). The summed E-state index contributed by atoms with van der Waals surface area (Å²) in [4.78, 5) is 23.6. The summed E-state index contributed by atoms with van der Waals surface area (Å²) in [6.07, 6.45) is 11.1. The van der Waals surface area contributed by atoms with E-state index in [-0.39, 0.29) is 5.91 Å². The Balaban J connectivity index is 2.04. The van der Waals surface area contributed by atoms with Crippen molar-refractivity contribution in [1.29, 1.82) is 0 Å². The van der Waals surface area contributed by atoms with Gasteiger partial charge in [-0.1, -0.05) is 25.7 Å². The fourth-order valence-electron chi connectivity index (χ4n) is 2.70. The molecular weight excluding hydrogens is 270 g/mol. The molecule has 0 saturated heterocycles. The summed E-state index contributed by atoms with van der Waals surface area (Å²) in [5.41, 5.74) is -0.315. The molecule has 1 saturated carbocycles. The smallest absolute Gasteiger partial charge is 0.329 e. The molecule has 1 amide bonds. The number of nitrogens with zero attached hydrogens (tertiary/aromatic N) is 2. The molecule has 114 valence electrons. The number of amides is 1. The van der Waals surface area contributed by atoms with Gasteiger partial charge >= 0.3 is 5.97 Å². The zero-order valence-corrected chi connectivity index (χ0v) is 12.2. The van der Waals surface area contributed by atoms with Crippen LogP contribution in [-0.2, 0) is 16.6 Å². The van der Waals surface area contributed by atoms with Gasteiger partial charge in [-0.15, -0.1) is 0 Å². The van der Waals surface area contributed by atoms with Crippen molar-refractivity contribution < 1.29 is 14.7 Å². The van der Waals surface area contributed by atoms with Crippen molar-refractivity contribution in [3.05, 3.63) is 24.0 Å². The van der Waals surface area contributed by atoms with Gasteiger partial charge in [-0.25, -0.2) is 4.79 Å². The van der Waals surface area contributed by atoms with Gasteiger partial charge < -0.3 is 10.4 Å². The summed E-state index contributed by atoms with van der Waals surface area (Å²) in [7, 11) is 1.79. The Morgan fingerprint density at radius 1 is 1.33 bits per heavy atom. The molecule has 0 bridgehead atoms. The van der Waals surface area contributed by atoms with Crippen molar-refractivity contribution in [2.75, 3.05) is 0 Å². The lowest BCUT2D eigenvalue weighted by molar-refractivity contribution is -0.147. The number of carboxylic acid groups (broad SMARTS) is 1. The van der Waals surface area contributed by atoms with E-state index in [9.17, 15) is 14.7 Å². The van der Waals surface area contributed by atoms with Crippen LogP contribution in [0.5, 0.6) is 0 Å². The zero-order chi connectivity index (χ0) is 15.3. The predicted molar refractivity (Wildman–Crippen MR) is 78.5 cm³/mol. The monoisotopic (exact) mass is 291 g/mol. The molecule has 1 aromatic heterocycles. The van der Waals surface area contributed by atoms with Gasteiger partial charge in [0.05, 0.1) is 6.20 Å². The summed E-state index contributed by atoms with van der Waals surface area (Å²) >= 11 is 0. The number of carbonyl (C=O) groups is 2. The molecule has 1 fully saturated rings. The van der Waals surface area contributed by atoms with E-state index in [0.717, 1.165) is 31.2 Å². The molecule has 1 aromatic rings. The van der Waals surface area contributed by atoms with Crippen LogP contribution in [0.25, 0.3) is 6.08 Å². The lowest BCUT2D eigenvalue weighted by Gasteiger charge is -2.28. The van der Waals surface area contributed by atoms with E-state index in [1.54, 1.807) is 30.2 Å². The van der Waals surface area contributed by atoms with E-state index in [0.29, 0.717) is 12.8 Å². The molecule has 2 N–H and O–H groups in total. The van der Waals surface area contributed by atoms with Crippen LogP contribution in [0.2, 0.25) is 0 Å². The van der Waals surface area contributed by atoms with Crippen molar-refractivity contribution in [1.82, 2.24) is 15.1 Å². The van der Waals surface area contributed by atoms with Gasteiger partial charge in [0.1, 0.15) is 5.54 Å². The predicted octanol–water partition coefficient (Wildman–Crippen LogP) is 1.73. The minimum Gasteiger partial charge on any atom is -0.480 e. The third kappa shape index (κ3) is 3.93. The molecule has 0 aromatic carbocycles. The van der Waals surface area contributed by atoms with Crippen molar-refractivity contribution >= 4 is 18.0 Å². The largest absolute Gasteiger partial charge is 0.480 e. The maximum atomic E-state index is 12.0.